The third kappa shape index (κ3) is 3.35. The predicted octanol–water partition coefficient (Wildman–Crippen LogP) is 7.04. The van der Waals surface area contributed by atoms with E-state index in [1.807, 2.05) is 31.2 Å². The van der Waals surface area contributed by atoms with E-state index in [9.17, 15) is 5.11 Å². The molecule has 7 heteroatoms. The quantitative estimate of drug-likeness (QED) is 0.378. The average Bonchev–Trinajstić information content (AvgIpc) is 3.13. The lowest BCUT2D eigenvalue weighted by Gasteiger charge is -2.11. The second kappa shape index (κ2) is 7.47. The van der Waals surface area contributed by atoms with Gasteiger partial charge in [0.05, 0.1) is 21.2 Å². The Kier molecular flexibility index (Phi) is 5.02. The summed E-state index contributed by atoms with van der Waals surface area (Å²) in [6.07, 6.45) is 0. The highest BCUT2D eigenvalue weighted by molar-refractivity contribution is 6.39. The van der Waals surface area contributed by atoms with E-state index in [0.717, 1.165) is 11.1 Å². The minimum absolute atomic E-state index is 0.000782. The summed E-state index contributed by atoms with van der Waals surface area (Å²) < 4.78 is 5.38. The molecule has 0 spiro atoms. The van der Waals surface area contributed by atoms with Gasteiger partial charge in [0.15, 0.2) is 0 Å². The topological polar surface area (TPSA) is 59.2 Å². The van der Waals surface area contributed by atoms with Gasteiger partial charge in [-0.05, 0) is 42.3 Å². The van der Waals surface area contributed by atoms with Crippen molar-refractivity contribution in [3.05, 3.63) is 75.2 Å². The minimum Gasteiger partial charge on any atom is -0.506 e. The van der Waals surface area contributed by atoms with E-state index in [-0.39, 0.29) is 17.5 Å². The monoisotopic (exact) mass is 430 g/mol. The minimum atomic E-state index is -0.000782. The molecule has 140 valence electrons. The van der Waals surface area contributed by atoms with Gasteiger partial charge in [-0.3, -0.25) is 0 Å². The molecule has 0 fully saturated rings. The maximum Gasteiger partial charge on any atom is 0.262 e. The molecule has 4 nitrogen and oxygen atoms in total. The van der Waals surface area contributed by atoms with Crippen LogP contribution in [0.3, 0.4) is 0 Å². The molecule has 1 heterocycles. The van der Waals surface area contributed by atoms with Gasteiger partial charge in [-0.1, -0.05) is 70.3 Å². The van der Waals surface area contributed by atoms with Crippen molar-refractivity contribution in [3.63, 3.8) is 0 Å². The number of phenols is 1. The molecule has 4 rings (SSSR count). The van der Waals surface area contributed by atoms with E-state index in [0.29, 0.717) is 31.8 Å². The van der Waals surface area contributed by atoms with Crippen LogP contribution in [0, 0.1) is 6.92 Å². The number of hydrogen-bond donors (Lipinski definition) is 1. The van der Waals surface area contributed by atoms with Crippen molar-refractivity contribution < 1.29 is 9.63 Å². The summed E-state index contributed by atoms with van der Waals surface area (Å²) >= 11 is 18.7. The number of aryl methyl sites for hydroxylation is 1. The molecule has 0 saturated carbocycles. The molecule has 0 saturated heterocycles. The third-order valence-corrected chi connectivity index (χ3v) is 5.20. The second-order valence-electron chi connectivity index (χ2n) is 6.18. The van der Waals surface area contributed by atoms with Gasteiger partial charge in [0.1, 0.15) is 5.75 Å². The molecule has 1 N–H and O–H groups in total. The van der Waals surface area contributed by atoms with Gasteiger partial charge >= 0.3 is 0 Å². The summed E-state index contributed by atoms with van der Waals surface area (Å²) in [6.45, 7) is 1.96. The highest BCUT2D eigenvalue weighted by Crippen LogP contribution is 2.42. The predicted molar refractivity (Wildman–Crippen MR) is 112 cm³/mol. The molecule has 4 aromatic rings. The summed E-state index contributed by atoms with van der Waals surface area (Å²) in [5.41, 5.74) is 3.23. The first-order valence-electron chi connectivity index (χ1n) is 8.32. The fourth-order valence-corrected chi connectivity index (χ4v) is 3.77. The molecule has 0 aliphatic carbocycles. The van der Waals surface area contributed by atoms with Crippen LogP contribution in [0.25, 0.3) is 34.0 Å². The van der Waals surface area contributed by atoms with Crippen LogP contribution in [0.4, 0.5) is 0 Å². The van der Waals surface area contributed by atoms with Gasteiger partial charge in [-0.15, -0.1) is 0 Å². The van der Waals surface area contributed by atoms with E-state index in [4.69, 9.17) is 39.3 Å². The maximum atomic E-state index is 10.9. The Morgan fingerprint density at radius 1 is 0.857 bits per heavy atom. The molecular weight excluding hydrogens is 419 g/mol. The molecule has 28 heavy (non-hydrogen) atoms. The number of halogens is 3. The van der Waals surface area contributed by atoms with Crippen molar-refractivity contribution in [3.8, 4) is 39.7 Å². The number of benzene rings is 3. The molecule has 0 unspecified atom stereocenters. The first kappa shape index (κ1) is 18.8. The Balaban J connectivity index is 1.86. The molecule has 0 atom stereocenters. The number of nitrogens with zero attached hydrogens (tertiary/aromatic N) is 2. The molecule has 0 amide bonds. The lowest BCUT2D eigenvalue weighted by molar-refractivity contribution is 0.426. The van der Waals surface area contributed by atoms with E-state index >= 15 is 0 Å². The van der Waals surface area contributed by atoms with Crippen LogP contribution in [-0.4, -0.2) is 15.2 Å². The van der Waals surface area contributed by atoms with Gasteiger partial charge in [-0.25, -0.2) is 0 Å². The summed E-state index contributed by atoms with van der Waals surface area (Å²) in [5.74, 6) is 0.336. The third-order valence-electron chi connectivity index (χ3n) is 4.35. The number of hydrogen-bond acceptors (Lipinski definition) is 4. The molecular formula is C21H13Cl3N2O2. The Morgan fingerprint density at radius 3 is 2.25 bits per heavy atom. The number of phenolic OH excluding ortho intramolecular Hbond substituents is 1. The molecule has 0 aliphatic heterocycles. The Hall–Kier alpha value is -2.53. The van der Waals surface area contributed by atoms with E-state index in [1.165, 1.54) is 0 Å². The van der Waals surface area contributed by atoms with Gasteiger partial charge in [-0.2, -0.15) is 4.98 Å². The fraction of sp³-hybridized carbons (Fsp3) is 0.0476. The Bertz CT molecular complexity index is 1170. The van der Waals surface area contributed by atoms with E-state index in [1.54, 1.807) is 30.3 Å². The lowest BCUT2D eigenvalue weighted by atomic mass is 9.97. The smallest absolute Gasteiger partial charge is 0.262 e. The average molecular weight is 432 g/mol. The zero-order chi connectivity index (χ0) is 19.8. The normalized spacial score (nSPS) is 11.0. The van der Waals surface area contributed by atoms with Crippen molar-refractivity contribution in [1.29, 1.82) is 0 Å². The molecule has 3 aromatic carbocycles. The van der Waals surface area contributed by atoms with Crippen molar-refractivity contribution in [2.24, 2.45) is 0 Å². The standard InChI is InChI=1S/C21H13Cl3N2O2/c1-11-5-2-3-6-13(11)14-9-12(22)10-15(19(14)27)21-25-20(26-28-21)18-16(23)7-4-8-17(18)24/h2-10,27H,1H3. The van der Waals surface area contributed by atoms with Crippen LogP contribution in [0.15, 0.2) is 59.1 Å². The molecule has 1 aromatic heterocycles. The Labute approximate surface area is 176 Å². The molecule has 0 radical (unpaired) electrons. The lowest BCUT2D eigenvalue weighted by Crippen LogP contribution is -1.88. The van der Waals surface area contributed by atoms with Crippen LogP contribution in [0.2, 0.25) is 15.1 Å². The highest BCUT2D eigenvalue weighted by atomic mass is 35.5. The number of aromatic hydroxyl groups is 1. The van der Waals surface area contributed by atoms with Crippen LogP contribution in [-0.2, 0) is 0 Å². The summed E-state index contributed by atoms with van der Waals surface area (Å²) in [6, 6.07) is 16.1. The molecule has 0 aliphatic rings. The largest absolute Gasteiger partial charge is 0.506 e. The Morgan fingerprint density at radius 2 is 1.54 bits per heavy atom. The highest BCUT2D eigenvalue weighted by Gasteiger charge is 2.21. The summed E-state index contributed by atoms with van der Waals surface area (Å²) in [5, 5.41) is 16.1. The van der Waals surface area contributed by atoms with Gasteiger partial charge in [0, 0.05) is 10.6 Å². The van der Waals surface area contributed by atoms with Crippen LogP contribution < -0.4 is 0 Å². The van der Waals surface area contributed by atoms with Crippen LogP contribution in [0.5, 0.6) is 5.75 Å². The van der Waals surface area contributed by atoms with Crippen molar-refractivity contribution in [2.75, 3.05) is 0 Å². The van der Waals surface area contributed by atoms with Gasteiger partial charge in [0.2, 0.25) is 5.82 Å². The van der Waals surface area contributed by atoms with E-state index < -0.39 is 0 Å². The zero-order valence-corrected chi connectivity index (χ0v) is 16.8. The van der Waals surface area contributed by atoms with Gasteiger partial charge in [0.25, 0.3) is 5.89 Å². The van der Waals surface area contributed by atoms with Crippen molar-refractivity contribution in [2.45, 2.75) is 6.92 Å². The first-order valence-corrected chi connectivity index (χ1v) is 9.46. The first-order chi connectivity index (χ1) is 13.5. The number of aromatic nitrogens is 2. The zero-order valence-electron chi connectivity index (χ0n) is 14.6. The second-order valence-corrected chi connectivity index (χ2v) is 7.44. The van der Waals surface area contributed by atoms with Crippen molar-refractivity contribution >= 4 is 34.8 Å². The number of rotatable bonds is 3. The van der Waals surface area contributed by atoms with Crippen LogP contribution >= 0.6 is 34.8 Å². The van der Waals surface area contributed by atoms with Crippen molar-refractivity contribution in [1.82, 2.24) is 10.1 Å². The maximum absolute atomic E-state index is 10.9. The van der Waals surface area contributed by atoms with Crippen LogP contribution in [0.1, 0.15) is 5.56 Å². The van der Waals surface area contributed by atoms with E-state index in [2.05, 4.69) is 10.1 Å². The molecule has 0 bridgehead atoms. The summed E-state index contributed by atoms with van der Waals surface area (Å²) in [4.78, 5) is 4.37. The summed E-state index contributed by atoms with van der Waals surface area (Å²) in [7, 11) is 0. The fourth-order valence-electron chi connectivity index (χ4n) is 2.99. The van der Waals surface area contributed by atoms with Gasteiger partial charge < -0.3 is 9.63 Å². The SMILES string of the molecule is Cc1ccccc1-c1cc(Cl)cc(-c2nc(-c3c(Cl)cccc3Cl)no2)c1O.